The molecule has 0 unspecified atom stereocenters. The zero-order valence-corrected chi connectivity index (χ0v) is 9.70. The maximum Gasteiger partial charge on any atom is 0.252 e. The van der Waals surface area contributed by atoms with Crippen molar-refractivity contribution in [1.82, 2.24) is 19.7 Å². The maximum atomic E-state index is 8.77. The zero-order valence-electron chi connectivity index (χ0n) is 9.70. The van der Waals surface area contributed by atoms with Gasteiger partial charge in [0.25, 0.3) is 5.82 Å². The van der Waals surface area contributed by atoms with E-state index in [2.05, 4.69) is 15.1 Å². The summed E-state index contributed by atoms with van der Waals surface area (Å²) in [5, 5.41) is 13.9. The molecule has 5 nitrogen and oxygen atoms in total. The first-order valence-electron chi connectivity index (χ1n) is 5.46. The van der Waals surface area contributed by atoms with Crippen molar-refractivity contribution in [2.75, 3.05) is 0 Å². The van der Waals surface area contributed by atoms with E-state index in [0.717, 1.165) is 22.3 Å². The molecule has 2 aromatic heterocycles. The van der Waals surface area contributed by atoms with Crippen LogP contribution in [0.15, 0.2) is 36.7 Å². The van der Waals surface area contributed by atoms with Gasteiger partial charge in [0.05, 0.1) is 11.2 Å². The smallest absolute Gasteiger partial charge is 0.252 e. The first-order chi connectivity index (χ1) is 8.78. The topological polar surface area (TPSA) is 67.4 Å². The molecule has 0 aliphatic heterocycles. The van der Waals surface area contributed by atoms with E-state index in [1.165, 1.54) is 0 Å². The molecule has 3 aromatic rings. The number of aromatic nitrogens is 4. The van der Waals surface area contributed by atoms with E-state index in [1.54, 1.807) is 11.0 Å². The van der Waals surface area contributed by atoms with E-state index in [-0.39, 0.29) is 5.82 Å². The van der Waals surface area contributed by atoms with Gasteiger partial charge in [0.1, 0.15) is 12.4 Å². The van der Waals surface area contributed by atoms with Crippen LogP contribution in [-0.4, -0.2) is 19.7 Å². The number of aryl methyl sites for hydroxylation is 1. The maximum absolute atomic E-state index is 8.77. The molecule has 0 amide bonds. The molecular formula is C13H9N5. The summed E-state index contributed by atoms with van der Waals surface area (Å²) in [6, 6.07) is 11.7. The number of nitriles is 1. The highest BCUT2D eigenvalue weighted by atomic mass is 15.3. The second-order valence-electron chi connectivity index (χ2n) is 3.92. The second kappa shape index (κ2) is 3.93. The number of nitrogens with zero attached hydrogens (tertiary/aromatic N) is 5. The van der Waals surface area contributed by atoms with Crippen molar-refractivity contribution in [3.05, 3.63) is 48.2 Å². The van der Waals surface area contributed by atoms with Crippen LogP contribution in [0.5, 0.6) is 0 Å². The minimum absolute atomic E-state index is 0.161. The molecular weight excluding hydrogens is 226 g/mol. The Bertz CT molecular complexity index is 766. The highest BCUT2D eigenvalue weighted by Gasteiger charge is 2.07. The molecule has 0 radical (unpaired) electrons. The first-order valence-corrected chi connectivity index (χ1v) is 5.46. The van der Waals surface area contributed by atoms with Crippen molar-refractivity contribution in [3.8, 4) is 11.8 Å². The van der Waals surface area contributed by atoms with Gasteiger partial charge >= 0.3 is 0 Å². The third kappa shape index (κ3) is 1.60. The van der Waals surface area contributed by atoms with Crippen LogP contribution in [-0.2, 0) is 0 Å². The van der Waals surface area contributed by atoms with E-state index >= 15 is 0 Å². The summed E-state index contributed by atoms with van der Waals surface area (Å²) >= 11 is 0. The standard InChI is InChI=1S/C13H9N5/c1-9-6-12(18-8-15-13(7-14)17-18)10-4-2-3-5-11(10)16-9/h2-6,8H,1H3. The van der Waals surface area contributed by atoms with Crippen LogP contribution in [0.3, 0.4) is 0 Å². The molecule has 86 valence electrons. The van der Waals surface area contributed by atoms with Gasteiger partial charge in [-0.1, -0.05) is 18.2 Å². The lowest BCUT2D eigenvalue weighted by Crippen LogP contribution is -1.98. The van der Waals surface area contributed by atoms with Gasteiger partial charge in [-0.2, -0.15) is 5.26 Å². The van der Waals surface area contributed by atoms with Crippen LogP contribution in [0.1, 0.15) is 11.5 Å². The lowest BCUT2D eigenvalue weighted by atomic mass is 10.1. The third-order valence-electron chi connectivity index (χ3n) is 2.66. The number of hydrogen-bond donors (Lipinski definition) is 0. The van der Waals surface area contributed by atoms with Gasteiger partial charge < -0.3 is 0 Å². The summed E-state index contributed by atoms with van der Waals surface area (Å²) in [6.07, 6.45) is 1.54. The molecule has 0 spiro atoms. The molecule has 0 aliphatic carbocycles. The lowest BCUT2D eigenvalue weighted by molar-refractivity contribution is 0.876. The van der Waals surface area contributed by atoms with Gasteiger partial charge in [0.2, 0.25) is 0 Å². The van der Waals surface area contributed by atoms with Gasteiger partial charge in [-0.25, -0.2) is 9.67 Å². The molecule has 0 N–H and O–H groups in total. The predicted molar refractivity (Wildman–Crippen MR) is 66.1 cm³/mol. The molecule has 5 heteroatoms. The van der Waals surface area contributed by atoms with Crippen molar-refractivity contribution < 1.29 is 0 Å². The van der Waals surface area contributed by atoms with Gasteiger partial charge in [-0.3, -0.25) is 4.98 Å². The fourth-order valence-corrected chi connectivity index (χ4v) is 1.91. The van der Waals surface area contributed by atoms with Crippen molar-refractivity contribution in [2.45, 2.75) is 6.92 Å². The third-order valence-corrected chi connectivity index (χ3v) is 2.66. The fraction of sp³-hybridized carbons (Fsp3) is 0.0769. The zero-order chi connectivity index (χ0) is 12.5. The number of para-hydroxylation sites is 1. The average Bonchev–Trinajstić information content (AvgIpc) is 2.86. The molecule has 0 atom stereocenters. The largest absolute Gasteiger partial charge is 0.253 e. The average molecular weight is 235 g/mol. The fourth-order valence-electron chi connectivity index (χ4n) is 1.91. The normalized spacial score (nSPS) is 10.4. The summed E-state index contributed by atoms with van der Waals surface area (Å²) in [5.74, 6) is 0.161. The van der Waals surface area contributed by atoms with Gasteiger partial charge in [0, 0.05) is 11.1 Å². The van der Waals surface area contributed by atoms with Gasteiger partial charge in [0.15, 0.2) is 0 Å². The van der Waals surface area contributed by atoms with Crippen molar-refractivity contribution in [3.63, 3.8) is 0 Å². The number of benzene rings is 1. The van der Waals surface area contributed by atoms with Crippen LogP contribution in [0, 0.1) is 18.3 Å². The van der Waals surface area contributed by atoms with Crippen molar-refractivity contribution >= 4 is 10.9 Å². The van der Waals surface area contributed by atoms with Crippen molar-refractivity contribution in [1.29, 1.82) is 5.26 Å². The summed E-state index contributed by atoms with van der Waals surface area (Å²) in [5.41, 5.74) is 2.69. The SMILES string of the molecule is Cc1cc(-n2cnc(C#N)n2)c2ccccc2n1. The Hall–Kier alpha value is -2.74. The minimum Gasteiger partial charge on any atom is -0.253 e. The van der Waals surface area contributed by atoms with Gasteiger partial charge in [-0.05, 0) is 19.1 Å². The van der Waals surface area contributed by atoms with Crippen LogP contribution >= 0.6 is 0 Å². The summed E-state index contributed by atoms with van der Waals surface area (Å²) < 4.78 is 1.61. The van der Waals surface area contributed by atoms with Gasteiger partial charge in [-0.15, -0.1) is 5.10 Å². The van der Waals surface area contributed by atoms with E-state index in [4.69, 9.17) is 5.26 Å². The van der Waals surface area contributed by atoms with Crippen molar-refractivity contribution in [2.24, 2.45) is 0 Å². The molecule has 0 saturated carbocycles. The Morgan fingerprint density at radius 3 is 2.89 bits per heavy atom. The van der Waals surface area contributed by atoms with Crippen LogP contribution < -0.4 is 0 Å². The Morgan fingerprint density at radius 1 is 1.28 bits per heavy atom. The monoisotopic (exact) mass is 235 g/mol. The number of hydrogen-bond acceptors (Lipinski definition) is 4. The Kier molecular flexibility index (Phi) is 2.27. The Morgan fingerprint density at radius 2 is 2.11 bits per heavy atom. The summed E-state index contributed by atoms with van der Waals surface area (Å²) in [7, 11) is 0. The molecule has 0 fully saturated rings. The van der Waals surface area contributed by atoms with E-state index in [1.807, 2.05) is 43.3 Å². The molecule has 2 heterocycles. The Balaban J connectivity index is 2.31. The molecule has 18 heavy (non-hydrogen) atoms. The highest BCUT2D eigenvalue weighted by molar-refractivity contribution is 5.87. The van der Waals surface area contributed by atoms with Crippen LogP contribution in [0.2, 0.25) is 0 Å². The predicted octanol–water partition coefficient (Wildman–Crippen LogP) is 2.00. The summed E-state index contributed by atoms with van der Waals surface area (Å²) in [4.78, 5) is 8.38. The number of pyridine rings is 1. The number of fused-ring (bicyclic) bond motifs is 1. The molecule has 1 aromatic carbocycles. The minimum atomic E-state index is 0.161. The van der Waals surface area contributed by atoms with Crippen LogP contribution in [0.4, 0.5) is 0 Å². The first kappa shape index (κ1) is 10.4. The quantitative estimate of drug-likeness (QED) is 0.647. The lowest BCUT2D eigenvalue weighted by Gasteiger charge is -2.06. The van der Waals surface area contributed by atoms with E-state index in [0.29, 0.717) is 0 Å². The Labute approximate surface area is 103 Å². The highest BCUT2D eigenvalue weighted by Crippen LogP contribution is 2.20. The second-order valence-corrected chi connectivity index (χ2v) is 3.92. The molecule has 0 saturated heterocycles. The molecule has 3 rings (SSSR count). The molecule has 0 bridgehead atoms. The van der Waals surface area contributed by atoms with Crippen LogP contribution in [0.25, 0.3) is 16.6 Å². The van der Waals surface area contributed by atoms with E-state index < -0.39 is 0 Å². The number of rotatable bonds is 1. The summed E-state index contributed by atoms with van der Waals surface area (Å²) in [6.45, 7) is 1.93. The molecule has 0 aliphatic rings. The van der Waals surface area contributed by atoms with E-state index in [9.17, 15) is 0 Å².